The summed E-state index contributed by atoms with van der Waals surface area (Å²) in [4.78, 5) is 10.8. The Hall–Kier alpha value is -1.06. The Bertz CT molecular complexity index is 413. The summed E-state index contributed by atoms with van der Waals surface area (Å²) in [5, 5.41) is 19.0. The van der Waals surface area contributed by atoms with Gasteiger partial charge in [-0.15, -0.1) is 0 Å². The van der Waals surface area contributed by atoms with Gasteiger partial charge in [0, 0.05) is 10.4 Å². The first-order chi connectivity index (χ1) is 7.26. The predicted molar refractivity (Wildman–Crippen MR) is 62.9 cm³/mol. The molecule has 3 nitrogen and oxygen atoms in total. The Balaban J connectivity index is 3.25. The SMILES string of the molecule is Cc1ccc(Cl)c(C(C)(C)C(O)C(=O)O)c1. The van der Waals surface area contributed by atoms with Gasteiger partial charge in [-0.3, -0.25) is 0 Å². The van der Waals surface area contributed by atoms with E-state index < -0.39 is 17.5 Å². The maximum atomic E-state index is 10.8. The van der Waals surface area contributed by atoms with Gasteiger partial charge in [-0.1, -0.05) is 43.1 Å². The Morgan fingerprint density at radius 2 is 2.00 bits per heavy atom. The minimum atomic E-state index is -1.48. The molecule has 0 aliphatic heterocycles. The third-order valence-electron chi connectivity index (χ3n) is 2.73. The molecule has 0 heterocycles. The van der Waals surface area contributed by atoms with Crippen molar-refractivity contribution in [2.24, 2.45) is 0 Å². The summed E-state index contributed by atoms with van der Waals surface area (Å²) in [5.41, 5.74) is 0.698. The molecule has 0 fully saturated rings. The number of carboxylic acids is 1. The van der Waals surface area contributed by atoms with Crippen molar-refractivity contribution in [3.63, 3.8) is 0 Å². The van der Waals surface area contributed by atoms with E-state index in [1.807, 2.05) is 13.0 Å². The summed E-state index contributed by atoms with van der Waals surface area (Å²) >= 11 is 6.03. The van der Waals surface area contributed by atoms with E-state index in [1.54, 1.807) is 26.0 Å². The third kappa shape index (κ3) is 2.36. The molecule has 0 aliphatic carbocycles. The maximum absolute atomic E-state index is 10.8. The Morgan fingerprint density at radius 3 is 2.50 bits per heavy atom. The normalized spacial score (nSPS) is 13.6. The van der Waals surface area contributed by atoms with Crippen LogP contribution in [0.4, 0.5) is 0 Å². The van der Waals surface area contributed by atoms with E-state index in [0.29, 0.717) is 10.6 Å². The van der Waals surface area contributed by atoms with Gasteiger partial charge in [0.1, 0.15) is 0 Å². The molecule has 1 aromatic rings. The highest BCUT2D eigenvalue weighted by Gasteiger charge is 2.36. The second kappa shape index (κ2) is 4.44. The molecule has 0 radical (unpaired) electrons. The van der Waals surface area contributed by atoms with Crippen molar-refractivity contribution < 1.29 is 15.0 Å². The molecule has 88 valence electrons. The number of hydrogen-bond donors (Lipinski definition) is 2. The highest BCUT2D eigenvalue weighted by Crippen LogP contribution is 2.33. The molecule has 4 heteroatoms. The minimum Gasteiger partial charge on any atom is -0.479 e. The van der Waals surface area contributed by atoms with Gasteiger partial charge in [0.15, 0.2) is 6.10 Å². The number of carboxylic acid groups (broad SMARTS) is 1. The zero-order valence-corrected chi connectivity index (χ0v) is 10.2. The lowest BCUT2D eigenvalue weighted by Gasteiger charge is -2.29. The molecule has 1 atom stereocenters. The third-order valence-corrected chi connectivity index (χ3v) is 3.06. The molecule has 0 amide bonds. The van der Waals surface area contributed by atoms with Crippen molar-refractivity contribution >= 4 is 17.6 Å². The van der Waals surface area contributed by atoms with Gasteiger partial charge in [-0.05, 0) is 18.6 Å². The number of carbonyl (C=O) groups is 1. The van der Waals surface area contributed by atoms with E-state index in [9.17, 15) is 9.90 Å². The molecular formula is C12H15ClO3. The smallest absolute Gasteiger partial charge is 0.333 e. The van der Waals surface area contributed by atoms with Gasteiger partial charge in [0.05, 0.1) is 0 Å². The van der Waals surface area contributed by atoms with Crippen LogP contribution in [0.1, 0.15) is 25.0 Å². The molecule has 0 saturated heterocycles. The number of aliphatic hydroxyl groups is 1. The van der Waals surface area contributed by atoms with Crippen LogP contribution in [-0.2, 0) is 10.2 Å². The molecule has 1 unspecified atom stereocenters. The number of rotatable bonds is 3. The van der Waals surface area contributed by atoms with Crippen LogP contribution in [0, 0.1) is 6.92 Å². The molecule has 2 N–H and O–H groups in total. The largest absolute Gasteiger partial charge is 0.479 e. The number of hydrogen-bond acceptors (Lipinski definition) is 2. The number of aliphatic carboxylic acids is 1. The van der Waals surface area contributed by atoms with Gasteiger partial charge in [-0.2, -0.15) is 0 Å². The summed E-state index contributed by atoms with van der Waals surface area (Å²) in [6.45, 7) is 5.21. The van der Waals surface area contributed by atoms with Crippen LogP contribution in [-0.4, -0.2) is 22.3 Å². The van der Waals surface area contributed by atoms with E-state index in [4.69, 9.17) is 16.7 Å². The summed E-state index contributed by atoms with van der Waals surface area (Å²) in [5.74, 6) is -1.25. The fraction of sp³-hybridized carbons (Fsp3) is 0.417. The van der Waals surface area contributed by atoms with Gasteiger partial charge in [-0.25, -0.2) is 4.79 Å². The summed E-state index contributed by atoms with van der Waals surface area (Å²) < 4.78 is 0. The van der Waals surface area contributed by atoms with Crippen LogP contribution < -0.4 is 0 Å². The van der Waals surface area contributed by atoms with Crippen molar-refractivity contribution in [3.8, 4) is 0 Å². The van der Waals surface area contributed by atoms with Crippen molar-refractivity contribution in [2.45, 2.75) is 32.3 Å². The number of halogens is 1. The molecule has 0 aromatic heterocycles. The zero-order valence-electron chi connectivity index (χ0n) is 9.49. The highest BCUT2D eigenvalue weighted by molar-refractivity contribution is 6.31. The van der Waals surface area contributed by atoms with Crippen LogP contribution in [0.25, 0.3) is 0 Å². The molecule has 1 aromatic carbocycles. The lowest BCUT2D eigenvalue weighted by atomic mass is 9.79. The van der Waals surface area contributed by atoms with Crippen LogP contribution in [0.15, 0.2) is 18.2 Å². The van der Waals surface area contributed by atoms with Crippen LogP contribution in [0.3, 0.4) is 0 Å². The Labute approximate surface area is 99.7 Å². The molecule has 0 saturated carbocycles. The molecule has 1 rings (SSSR count). The van der Waals surface area contributed by atoms with Crippen molar-refractivity contribution in [2.75, 3.05) is 0 Å². The Morgan fingerprint density at radius 1 is 1.44 bits per heavy atom. The topological polar surface area (TPSA) is 57.5 Å². The van der Waals surface area contributed by atoms with Crippen LogP contribution in [0.5, 0.6) is 0 Å². The standard InChI is InChI=1S/C12H15ClO3/c1-7-4-5-9(13)8(6-7)12(2,3)10(14)11(15)16/h4-6,10,14H,1-3H3,(H,15,16). The van der Waals surface area contributed by atoms with E-state index >= 15 is 0 Å². The van der Waals surface area contributed by atoms with E-state index in [1.165, 1.54) is 0 Å². The lowest BCUT2D eigenvalue weighted by Crippen LogP contribution is -2.40. The van der Waals surface area contributed by atoms with Crippen molar-refractivity contribution in [1.29, 1.82) is 0 Å². The number of benzene rings is 1. The second-order valence-electron chi connectivity index (χ2n) is 4.45. The molecular weight excluding hydrogens is 228 g/mol. The fourth-order valence-electron chi connectivity index (χ4n) is 1.59. The highest BCUT2D eigenvalue weighted by atomic mass is 35.5. The van der Waals surface area contributed by atoms with Crippen molar-refractivity contribution in [1.82, 2.24) is 0 Å². The molecule has 0 aliphatic rings. The first-order valence-corrected chi connectivity index (χ1v) is 5.32. The zero-order chi connectivity index (χ0) is 12.5. The summed E-state index contributed by atoms with van der Waals surface area (Å²) in [6.07, 6.45) is -1.48. The molecule has 0 spiro atoms. The second-order valence-corrected chi connectivity index (χ2v) is 4.85. The minimum absolute atomic E-state index is 0.468. The lowest BCUT2D eigenvalue weighted by molar-refractivity contribution is -0.150. The predicted octanol–water partition coefficient (Wildman–Crippen LogP) is 2.37. The quantitative estimate of drug-likeness (QED) is 0.856. The average Bonchev–Trinajstić information content (AvgIpc) is 2.20. The Kier molecular flexibility index (Phi) is 3.61. The molecule has 16 heavy (non-hydrogen) atoms. The van der Waals surface area contributed by atoms with Crippen LogP contribution >= 0.6 is 11.6 Å². The van der Waals surface area contributed by atoms with E-state index in [2.05, 4.69) is 0 Å². The van der Waals surface area contributed by atoms with E-state index in [-0.39, 0.29) is 0 Å². The fourth-order valence-corrected chi connectivity index (χ4v) is 1.95. The van der Waals surface area contributed by atoms with Gasteiger partial charge in [0.25, 0.3) is 0 Å². The monoisotopic (exact) mass is 242 g/mol. The van der Waals surface area contributed by atoms with Gasteiger partial charge >= 0.3 is 5.97 Å². The first-order valence-electron chi connectivity index (χ1n) is 4.94. The van der Waals surface area contributed by atoms with E-state index in [0.717, 1.165) is 5.56 Å². The first kappa shape index (κ1) is 13.0. The van der Waals surface area contributed by atoms with Gasteiger partial charge < -0.3 is 10.2 Å². The average molecular weight is 243 g/mol. The van der Waals surface area contributed by atoms with Crippen LogP contribution in [0.2, 0.25) is 5.02 Å². The van der Waals surface area contributed by atoms with Crippen molar-refractivity contribution in [3.05, 3.63) is 34.3 Å². The number of aliphatic hydroxyl groups excluding tert-OH is 1. The number of aryl methyl sites for hydroxylation is 1. The van der Waals surface area contributed by atoms with Gasteiger partial charge in [0.2, 0.25) is 0 Å². The maximum Gasteiger partial charge on any atom is 0.333 e. The summed E-state index contributed by atoms with van der Waals surface area (Å²) in [6, 6.07) is 5.35. The molecule has 0 bridgehead atoms. The summed E-state index contributed by atoms with van der Waals surface area (Å²) in [7, 11) is 0.